The zero-order valence-electron chi connectivity index (χ0n) is 15.4. The summed E-state index contributed by atoms with van der Waals surface area (Å²) in [6.07, 6.45) is 18.3. The molecule has 0 aromatic carbocycles. The van der Waals surface area contributed by atoms with E-state index < -0.39 is 9.84 Å². The molecule has 23 heavy (non-hydrogen) atoms. The van der Waals surface area contributed by atoms with Gasteiger partial charge < -0.3 is 5.11 Å². The van der Waals surface area contributed by atoms with E-state index in [4.69, 9.17) is 5.11 Å². The van der Waals surface area contributed by atoms with Crippen molar-refractivity contribution in [2.45, 2.75) is 103 Å². The third-order valence-electron chi connectivity index (χ3n) is 4.42. The lowest BCUT2D eigenvalue weighted by Gasteiger charge is -2.04. The van der Waals surface area contributed by atoms with E-state index in [0.717, 1.165) is 19.3 Å². The first-order chi connectivity index (χ1) is 11.1. The Labute approximate surface area is 145 Å². The van der Waals surface area contributed by atoms with Crippen molar-refractivity contribution in [2.24, 2.45) is 0 Å². The van der Waals surface area contributed by atoms with Crippen LogP contribution in [-0.2, 0) is 9.84 Å². The first-order valence-corrected chi connectivity index (χ1v) is 11.8. The zero-order chi connectivity index (χ0) is 17.2. The van der Waals surface area contributed by atoms with Crippen molar-refractivity contribution in [3.8, 4) is 0 Å². The average Bonchev–Trinajstić information content (AvgIpc) is 2.53. The van der Waals surface area contributed by atoms with Crippen molar-refractivity contribution in [3.63, 3.8) is 0 Å². The van der Waals surface area contributed by atoms with E-state index in [0.29, 0.717) is 12.2 Å². The second-order valence-electron chi connectivity index (χ2n) is 6.83. The molecule has 0 fully saturated rings. The Balaban J connectivity index is 3.19. The Morgan fingerprint density at radius 1 is 0.565 bits per heavy atom. The molecular formula is C19H40O3S. The lowest BCUT2D eigenvalue weighted by atomic mass is 10.0. The van der Waals surface area contributed by atoms with Gasteiger partial charge >= 0.3 is 0 Å². The Morgan fingerprint density at radius 3 is 1.30 bits per heavy atom. The van der Waals surface area contributed by atoms with Crippen molar-refractivity contribution >= 4 is 9.84 Å². The largest absolute Gasteiger partial charge is 0.396 e. The summed E-state index contributed by atoms with van der Waals surface area (Å²) in [6, 6.07) is 0. The van der Waals surface area contributed by atoms with E-state index in [1.54, 1.807) is 0 Å². The van der Waals surface area contributed by atoms with Gasteiger partial charge in [-0.25, -0.2) is 8.42 Å². The summed E-state index contributed by atoms with van der Waals surface area (Å²) in [6.45, 7) is 2.23. The molecule has 3 nitrogen and oxygen atoms in total. The first kappa shape index (κ1) is 22.9. The molecule has 0 aliphatic heterocycles. The third-order valence-corrected chi connectivity index (χ3v) is 6.24. The standard InChI is InChI=1S/C19H40O3S/c1-2-3-4-5-6-7-8-9-10-11-12-13-14-15-18-23(21,22)19-16-17-20/h20H,2-19H2,1H3. The monoisotopic (exact) mass is 348 g/mol. The summed E-state index contributed by atoms with van der Waals surface area (Å²) in [7, 11) is -2.92. The van der Waals surface area contributed by atoms with Gasteiger partial charge in [0.05, 0.1) is 11.5 Å². The van der Waals surface area contributed by atoms with Crippen LogP contribution in [0.3, 0.4) is 0 Å². The van der Waals surface area contributed by atoms with Crippen molar-refractivity contribution in [1.29, 1.82) is 0 Å². The second kappa shape index (κ2) is 16.8. The van der Waals surface area contributed by atoms with Crippen molar-refractivity contribution in [3.05, 3.63) is 0 Å². The molecule has 0 aliphatic carbocycles. The van der Waals surface area contributed by atoms with Crippen LogP contribution < -0.4 is 0 Å². The van der Waals surface area contributed by atoms with E-state index in [1.807, 2.05) is 0 Å². The number of aliphatic hydroxyl groups is 1. The molecule has 0 aromatic rings. The molecule has 4 heteroatoms. The van der Waals surface area contributed by atoms with Gasteiger partial charge in [-0.1, -0.05) is 90.4 Å². The molecule has 0 rings (SSSR count). The van der Waals surface area contributed by atoms with Gasteiger partial charge in [0.2, 0.25) is 0 Å². The summed E-state index contributed by atoms with van der Waals surface area (Å²) < 4.78 is 23.2. The average molecular weight is 349 g/mol. The van der Waals surface area contributed by atoms with Crippen LogP contribution in [0.15, 0.2) is 0 Å². The predicted molar refractivity (Wildman–Crippen MR) is 101 cm³/mol. The molecule has 0 bridgehead atoms. The van der Waals surface area contributed by atoms with Gasteiger partial charge in [-0.15, -0.1) is 0 Å². The molecule has 0 radical (unpaired) electrons. The van der Waals surface area contributed by atoms with Crippen LogP contribution in [0.2, 0.25) is 0 Å². The fourth-order valence-electron chi connectivity index (χ4n) is 2.90. The van der Waals surface area contributed by atoms with Gasteiger partial charge in [0.1, 0.15) is 9.84 Å². The lowest BCUT2D eigenvalue weighted by Crippen LogP contribution is -2.12. The normalized spacial score (nSPS) is 11.9. The molecule has 140 valence electrons. The Kier molecular flexibility index (Phi) is 16.7. The molecule has 0 aliphatic rings. The van der Waals surface area contributed by atoms with Gasteiger partial charge in [0.25, 0.3) is 0 Å². The molecule has 0 saturated carbocycles. The van der Waals surface area contributed by atoms with Gasteiger partial charge in [-0.05, 0) is 12.8 Å². The second-order valence-corrected chi connectivity index (χ2v) is 9.13. The molecule has 0 heterocycles. The quantitative estimate of drug-likeness (QED) is 0.343. The van der Waals surface area contributed by atoms with Crippen LogP contribution >= 0.6 is 0 Å². The Hall–Kier alpha value is -0.0900. The number of unbranched alkanes of at least 4 members (excludes halogenated alkanes) is 13. The molecule has 0 saturated heterocycles. The smallest absolute Gasteiger partial charge is 0.150 e. The van der Waals surface area contributed by atoms with Gasteiger partial charge in [0, 0.05) is 6.61 Å². The molecule has 0 amide bonds. The van der Waals surface area contributed by atoms with Crippen LogP contribution in [0, 0.1) is 0 Å². The van der Waals surface area contributed by atoms with Gasteiger partial charge in [0.15, 0.2) is 0 Å². The molecule has 0 unspecified atom stereocenters. The fraction of sp³-hybridized carbons (Fsp3) is 1.00. The molecule has 1 N–H and O–H groups in total. The lowest BCUT2D eigenvalue weighted by molar-refractivity contribution is 0.295. The number of hydrogen-bond donors (Lipinski definition) is 1. The first-order valence-electron chi connectivity index (χ1n) is 9.93. The molecule has 0 spiro atoms. The van der Waals surface area contributed by atoms with E-state index in [2.05, 4.69) is 6.92 Å². The SMILES string of the molecule is CCCCCCCCCCCCCCCCS(=O)(=O)CCCO. The molecule has 0 aromatic heterocycles. The number of rotatable bonds is 18. The minimum Gasteiger partial charge on any atom is -0.396 e. The summed E-state index contributed by atoms with van der Waals surface area (Å²) in [4.78, 5) is 0. The van der Waals surface area contributed by atoms with Gasteiger partial charge in [-0.2, -0.15) is 0 Å². The van der Waals surface area contributed by atoms with Crippen LogP contribution in [0.5, 0.6) is 0 Å². The molecular weight excluding hydrogens is 308 g/mol. The van der Waals surface area contributed by atoms with Crippen molar-refractivity contribution in [2.75, 3.05) is 18.1 Å². The number of hydrogen-bond acceptors (Lipinski definition) is 3. The van der Waals surface area contributed by atoms with Crippen LogP contribution in [0.4, 0.5) is 0 Å². The third kappa shape index (κ3) is 18.1. The minimum absolute atomic E-state index is 0.0298. The fourth-order valence-corrected chi connectivity index (χ4v) is 4.32. The molecule has 0 atom stereocenters. The topological polar surface area (TPSA) is 54.4 Å². The highest BCUT2D eigenvalue weighted by atomic mass is 32.2. The van der Waals surface area contributed by atoms with E-state index in [1.165, 1.54) is 70.6 Å². The van der Waals surface area contributed by atoms with Crippen LogP contribution in [0.1, 0.15) is 103 Å². The highest BCUT2D eigenvalue weighted by molar-refractivity contribution is 7.91. The summed E-state index contributed by atoms with van der Waals surface area (Å²) in [5, 5.41) is 8.66. The van der Waals surface area contributed by atoms with Crippen molar-refractivity contribution in [1.82, 2.24) is 0 Å². The van der Waals surface area contributed by atoms with E-state index >= 15 is 0 Å². The predicted octanol–water partition coefficient (Wildman–Crippen LogP) is 5.26. The van der Waals surface area contributed by atoms with Crippen molar-refractivity contribution < 1.29 is 13.5 Å². The maximum Gasteiger partial charge on any atom is 0.150 e. The van der Waals surface area contributed by atoms with E-state index in [-0.39, 0.29) is 12.4 Å². The Morgan fingerprint density at radius 2 is 0.913 bits per heavy atom. The summed E-state index contributed by atoms with van der Waals surface area (Å²) in [5.74, 6) is 0.437. The summed E-state index contributed by atoms with van der Waals surface area (Å²) >= 11 is 0. The van der Waals surface area contributed by atoms with E-state index in [9.17, 15) is 8.42 Å². The summed E-state index contributed by atoms with van der Waals surface area (Å²) in [5.41, 5.74) is 0. The maximum atomic E-state index is 11.6. The van der Waals surface area contributed by atoms with Gasteiger partial charge in [-0.3, -0.25) is 0 Å². The number of aliphatic hydroxyl groups excluding tert-OH is 1. The Bertz CT molecular complexity index is 326. The van der Waals surface area contributed by atoms with Crippen LogP contribution in [-0.4, -0.2) is 31.6 Å². The zero-order valence-corrected chi connectivity index (χ0v) is 16.2. The highest BCUT2D eigenvalue weighted by Crippen LogP contribution is 2.13. The maximum absolute atomic E-state index is 11.6. The van der Waals surface area contributed by atoms with Crippen LogP contribution in [0.25, 0.3) is 0 Å². The number of sulfone groups is 1. The highest BCUT2D eigenvalue weighted by Gasteiger charge is 2.09. The minimum atomic E-state index is -2.92.